The Hall–Kier alpha value is -1.32. The van der Waals surface area contributed by atoms with Crippen LogP contribution in [-0.2, 0) is 0 Å². The van der Waals surface area contributed by atoms with Gasteiger partial charge in [-0.25, -0.2) is 0 Å². The smallest absolute Gasteiger partial charge is 0.0224 e. The quantitative estimate of drug-likeness (QED) is 0.232. The first-order chi connectivity index (χ1) is 58.6. The van der Waals surface area contributed by atoms with E-state index in [4.69, 9.17) is 0 Å². The number of likely N-dealkylation sites (tertiary alicyclic amines) is 6. The number of piperidine rings is 3. The minimum Gasteiger partial charge on any atom is -0.380 e. The minimum atomic E-state index is 0.380. The van der Waals surface area contributed by atoms with Crippen molar-refractivity contribution in [2.24, 2.45) is 70.0 Å². The van der Waals surface area contributed by atoms with Crippen molar-refractivity contribution in [1.82, 2.24) is 58.8 Å². The summed E-state index contributed by atoms with van der Waals surface area (Å²) in [6, 6.07) is 9.37. The maximum atomic E-state index is 2.63. The molecule has 14 rings (SSSR count). The molecule has 0 aromatic heterocycles. The van der Waals surface area contributed by atoms with Crippen molar-refractivity contribution >= 4 is 0 Å². The molecule has 12 saturated heterocycles. The van der Waals surface area contributed by atoms with E-state index in [1.165, 1.54) is 220 Å². The molecule has 14 aliphatic rings. The fourth-order valence-electron chi connectivity index (χ4n) is 19.7. The second-order valence-corrected chi connectivity index (χ2v) is 41.4. The Morgan fingerprint density at radius 3 is 0.734 bits per heavy atom. The van der Waals surface area contributed by atoms with Gasteiger partial charge in [0.1, 0.15) is 0 Å². The van der Waals surface area contributed by atoms with Crippen molar-refractivity contribution in [2.45, 2.75) is 486 Å². The number of likely N-dealkylation sites (N-methyl/N-ethyl adjacent to an activating group) is 2. The molecule has 14 heterocycles. The third-order valence-electron chi connectivity index (χ3n) is 28.9. The van der Waals surface area contributed by atoms with Gasteiger partial charge in [0.15, 0.2) is 0 Å². The predicted octanol–water partition coefficient (Wildman–Crippen LogP) is 28.8. The van der Waals surface area contributed by atoms with E-state index in [2.05, 4.69) is 287 Å². The molecule has 14 aliphatic heterocycles. The SMILES string of the molecule is CC.CC.CC.CC.CC.CC.CC.CC.CC.CC.CC(C)C1=CN(C)CC1.CC(C)C1CC2CCC(C1)N2C.CC(C)C1CC2CCC(C1)N2C.CC(C)C1CCN(C)C1.CC(C)C1CCN(C)CC1.CC(C)N1CC2CCC(C1)N2C.CC(C)N1CC2CCC(C1)N2C.CC(C)N1CCCC1.CN1C=C(C(C)(C)C)CC1.CN1CCC(C(C)(C)C)C1. The number of rotatable bonds is 8. The summed E-state index contributed by atoms with van der Waals surface area (Å²) in [5.41, 5.74) is 4.07. The predicted molar refractivity (Wildman–Crippen MR) is 572 cm³/mol. The zero-order valence-corrected chi connectivity index (χ0v) is 95.7. The zero-order valence-electron chi connectivity index (χ0n) is 95.7. The van der Waals surface area contributed by atoms with Gasteiger partial charge in [-0.05, 0) is 347 Å². The molecule has 12 fully saturated rings. The molecular formula is C112H244N12. The third kappa shape index (κ3) is 53.5. The van der Waals surface area contributed by atoms with Crippen molar-refractivity contribution in [2.75, 3.05) is 155 Å². The molecule has 10 atom stereocenters. The van der Waals surface area contributed by atoms with Crippen molar-refractivity contribution in [3.63, 3.8) is 0 Å². The van der Waals surface area contributed by atoms with Crippen LogP contribution in [-0.4, -0.2) is 280 Å². The highest BCUT2D eigenvalue weighted by atomic mass is 15.3. The zero-order chi connectivity index (χ0) is 97.7. The molecule has 10 unspecified atom stereocenters. The summed E-state index contributed by atoms with van der Waals surface area (Å²) in [4.78, 5) is 30.0. The van der Waals surface area contributed by atoms with Gasteiger partial charge in [0.25, 0.3) is 0 Å². The van der Waals surface area contributed by atoms with Crippen LogP contribution in [0.15, 0.2) is 23.5 Å². The van der Waals surface area contributed by atoms with E-state index < -0.39 is 0 Å². The average molecular weight is 1760 g/mol. The Balaban J connectivity index is -0.000000305. The van der Waals surface area contributed by atoms with Crippen LogP contribution < -0.4 is 0 Å². The third-order valence-corrected chi connectivity index (χ3v) is 28.9. The highest BCUT2D eigenvalue weighted by Crippen LogP contribution is 2.42. The second-order valence-electron chi connectivity index (χ2n) is 41.4. The van der Waals surface area contributed by atoms with E-state index in [1.807, 2.05) is 138 Å². The lowest BCUT2D eigenvalue weighted by molar-refractivity contribution is 0.0682. The molecule has 0 saturated carbocycles. The maximum absolute atomic E-state index is 2.63. The van der Waals surface area contributed by atoms with Crippen LogP contribution in [0.2, 0.25) is 0 Å². The second kappa shape index (κ2) is 77.0. The Labute approximate surface area is 788 Å². The van der Waals surface area contributed by atoms with Crippen LogP contribution in [0.4, 0.5) is 0 Å². The monoisotopic (exact) mass is 1760 g/mol. The van der Waals surface area contributed by atoms with Crippen LogP contribution in [0.5, 0.6) is 0 Å². The first-order valence-corrected chi connectivity index (χ1v) is 54.6. The summed E-state index contributed by atoms with van der Waals surface area (Å²) in [5, 5.41) is 0. The Bertz CT molecular complexity index is 2150. The Kier molecular flexibility index (Phi) is 82.9. The lowest BCUT2D eigenvalue weighted by Gasteiger charge is -2.40. The molecule has 0 radical (unpaired) electrons. The van der Waals surface area contributed by atoms with Gasteiger partial charge in [0.2, 0.25) is 0 Å². The van der Waals surface area contributed by atoms with Crippen molar-refractivity contribution < 1.29 is 0 Å². The molecule has 12 nitrogen and oxygen atoms in total. The van der Waals surface area contributed by atoms with Gasteiger partial charge >= 0.3 is 0 Å². The first-order valence-electron chi connectivity index (χ1n) is 54.6. The lowest BCUT2D eigenvalue weighted by atomic mass is 9.80. The number of nitrogens with zero attached hydrogens (tertiary/aromatic N) is 12. The Morgan fingerprint density at radius 2 is 0.540 bits per heavy atom. The lowest BCUT2D eigenvalue weighted by Crippen LogP contribution is -2.53. The molecule has 0 N–H and O–H groups in total. The summed E-state index contributed by atoms with van der Waals surface area (Å²) >= 11 is 0. The molecule has 0 amide bonds. The van der Waals surface area contributed by atoms with Gasteiger partial charge in [0.05, 0.1) is 0 Å². The number of piperazine rings is 2. The van der Waals surface area contributed by atoms with Crippen LogP contribution in [0, 0.1) is 70.0 Å². The van der Waals surface area contributed by atoms with Crippen molar-refractivity contribution in [3.05, 3.63) is 23.5 Å². The fraction of sp³-hybridized carbons (Fsp3) is 0.964. The average Bonchev–Trinajstić information content (AvgIpc) is 1.68. The highest BCUT2D eigenvalue weighted by molar-refractivity contribution is 5.14. The van der Waals surface area contributed by atoms with E-state index in [0.29, 0.717) is 10.8 Å². The van der Waals surface area contributed by atoms with E-state index in [9.17, 15) is 0 Å². The van der Waals surface area contributed by atoms with Gasteiger partial charge in [0, 0.05) is 133 Å². The van der Waals surface area contributed by atoms with E-state index in [0.717, 1.165) is 126 Å². The fourth-order valence-corrected chi connectivity index (χ4v) is 19.7. The molecule has 0 spiro atoms. The number of fused-ring (bicyclic) bond motifs is 8. The molecule has 124 heavy (non-hydrogen) atoms. The van der Waals surface area contributed by atoms with Crippen LogP contribution in [0.3, 0.4) is 0 Å². The van der Waals surface area contributed by atoms with E-state index in [-0.39, 0.29) is 0 Å². The van der Waals surface area contributed by atoms with Gasteiger partial charge in [-0.2, -0.15) is 0 Å². The van der Waals surface area contributed by atoms with Gasteiger partial charge in [-0.15, -0.1) is 0 Å². The summed E-state index contributed by atoms with van der Waals surface area (Å²) in [7, 11) is 20.1. The van der Waals surface area contributed by atoms with Crippen LogP contribution in [0.25, 0.3) is 0 Å². The molecule has 0 aromatic carbocycles. The van der Waals surface area contributed by atoms with Crippen molar-refractivity contribution in [3.8, 4) is 0 Å². The number of hydrogen-bond acceptors (Lipinski definition) is 12. The van der Waals surface area contributed by atoms with Gasteiger partial charge < -0.3 is 39.2 Å². The largest absolute Gasteiger partial charge is 0.380 e. The maximum Gasteiger partial charge on any atom is 0.0224 e. The summed E-state index contributed by atoms with van der Waals surface area (Å²) in [6.45, 7) is 109. The molecule has 0 aliphatic carbocycles. The summed E-state index contributed by atoms with van der Waals surface area (Å²) in [6.07, 6.45) is 32.9. The van der Waals surface area contributed by atoms with Crippen LogP contribution in [0.1, 0.15) is 419 Å². The van der Waals surface area contributed by atoms with Crippen LogP contribution >= 0.6 is 0 Å². The first kappa shape index (κ1) is 133. The van der Waals surface area contributed by atoms with E-state index >= 15 is 0 Å². The highest BCUT2D eigenvalue weighted by Gasteiger charge is 2.42. The molecule has 8 bridgehead atoms. The van der Waals surface area contributed by atoms with Gasteiger partial charge in [-0.1, -0.05) is 255 Å². The Morgan fingerprint density at radius 1 is 0.266 bits per heavy atom. The topological polar surface area (TPSA) is 38.9 Å². The molecule has 0 aromatic rings. The van der Waals surface area contributed by atoms with Gasteiger partial charge in [-0.3, -0.25) is 19.6 Å². The molecule has 12 heteroatoms. The molecular weight excluding hydrogens is 1510 g/mol. The normalized spacial score (nSPS) is 27.0. The minimum absolute atomic E-state index is 0.380. The molecule has 752 valence electrons. The summed E-state index contributed by atoms with van der Waals surface area (Å²) < 4.78 is 0. The van der Waals surface area contributed by atoms with E-state index in [1.54, 1.807) is 11.1 Å². The number of hydrogen-bond donors (Lipinski definition) is 0. The summed E-state index contributed by atoms with van der Waals surface area (Å²) in [5.74, 6) is 9.24. The van der Waals surface area contributed by atoms with Crippen molar-refractivity contribution in [1.29, 1.82) is 0 Å². The standard InChI is InChI=1S/2C11H21N.2C10H20N2.C9H19N.C9H17N.C9H19N.C8H17N.C8H15N.C7H15N.10C2H6/c2*1-8(2)9-6-10-4-5-11(7-9)12(10)3;2*1-8(2)12-6-9-4-5-10(7-12)11(9)3;2*1-9(2,3)8-5-6-10(4)7-8;1-8(2)9-4-6-10(3)7-5-9;2*1-7(2)8-4-5-9(3)6-8;1-7(2)8-5-3-4-6-8;10*1-2/h2*8-11H,4-7H2,1-3H3;2*8-10H,4-7H2,1-3H3;8H,5-7H2,1-4H3;7H,5-6H2,1-4H3;8-9H,4-7H2,1-3H3;7-8H,4-6H2,1-3H3;6-7H,4-5H2,1-3H3;7H,3-6H2,1-2H3;10*1-2H3.